The van der Waals surface area contributed by atoms with E-state index in [1.807, 2.05) is 0 Å². The maximum Gasteiger partial charge on any atom is 0.314 e. The first-order valence-corrected chi connectivity index (χ1v) is 16.4. The molecule has 266 valence electrons. The Bertz CT molecular complexity index is 1440. The average molecular weight is 683 g/mol. The number of carboxylic acids is 1. The fraction of sp³-hybridized carbons (Fsp3) is 0.758. The number of ether oxygens (including phenoxy) is 2. The Balaban J connectivity index is 1.52. The molecule has 3 saturated carbocycles. The van der Waals surface area contributed by atoms with Crippen LogP contribution in [0.3, 0.4) is 0 Å². The Labute approximate surface area is 276 Å². The molecular formula is C33H44F2N2O11. The Kier molecular flexibility index (Phi) is 9.17. The number of amides is 1. The summed E-state index contributed by atoms with van der Waals surface area (Å²) in [6.45, 7) is 5.61. The van der Waals surface area contributed by atoms with Crippen molar-refractivity contribution in [1.29, 1.82) is 0 Å². The monoisotopic (exact) mass is 682 g/mol. The molecule has 1 aliphatic heterocycles. The lowest BCUT2D eigenvalue weighted by atomic mass is 9.42. The summed E-state index contributed by atoms with van der Waals surface area (Å²) in [5.74, 6) is -5.81. The van der Waals surface area contributed by atoms with Gasteiger partial charge in [-0.1, -0.05) is 19.4 Å². The van der Waals surface area contributed by atoms with E-state index in [0.717, 1.165) is 6.08 Å². The SMILES string of the molecule is CC1(C)O[C@@H]2C[C@H]3[C@@H]4C[C@H](F)C5=CC(=O)C=C[C@]5(C)[C@@]4(F)[C@@H](O)C[C@]3(C)[C@@]2(C(CC=O)(CNC(=O)CCCCCO[N+](=O)[O-])C(=O)O)O1. The van der Waals surface area contributed by atoms with E-state index in [4.69, 9.17) is 9.47 Å². The number of fused-ring (bicyclic) bond motifs is 7. The van der Waals surface area contributed by atoms with E-state index in [-0.39, 0.29) is 37.9 Å². The second kappa shape index (κ2) is 12.2. The fourth-order valence-corrected chi connectivity index (χ4v) is 10.1. The van der Waals surface area contributed by atoms with Gasteiger partial charge in [-0.05, 0) is 76.5 Å². The molecule has 4 aliphatic carbocycles. The second-order valence-electron chi connectivity index (χ2n) is 14.8. The summed E-state index contributed by atoms with van der Waals surface area (Å²) in [5.41, 5.74) is -9.60. The average Bonchev–Trinajstić information content (AvgIpc) is 3.40. The zero-order valence-electron chi connectivity index (χ0n) is 27.5. The van der Waals surface area contributed by atoms with Crippen molar-refractivity contribution >= 4 is 23.9 Å². The van der Waals surface area contributed by atoms with Crippen LogP contribution in [0.4, 0.5) is 8.78 Å². The number of aldehydes is 1. The lowest BCUT2D eigenvalue weighted by Crippen LogP contribution is -2.74. The predicted molar refractivity (Wildman–Crippen MR) is 162 cm³/mol. The van der Waals surface area contributed by atoms with E-state index in [0.29, 0.717) is 25.5 Å². The number of aliphatic carboxylic acids is 1. The highest BCUT2D eigenvalue weighted by molar-refractivity contribution is 6.01. The number of carboxylic acid groups (broad SMARTS) is 1. The van der Waals surface area contributed by atoms with Gasteiger partial charge in [0.25, 0.3) is 5.09 Å². The minimum Gasteiger partial charge on any atom is -0.481 e. The number of allylic oxidation sites excluding steroid dienone is 4. The number of aliphatic hydroxyl groups is 1. The van der Waals surface area contributed by atoms with Crippen LogP contribution >= 0.6 is 0 Å². The van der Waals surface area contributed by atoms with Crippen molar-refractivity contribution in [1.82, 2.24) is 5.32 Å². The lowest BCUT2D eigenvalue weighted by molar-refractivity contribution is -0.757. The van der Waals surface area contributed by atoms with Crippen LogP contribution in [0, 0.1) is 38.2 Å². The van der Waals surface area contributed by atoms with E-state index < -0.39 is 99.2 Å². The molecule has 48 heavy (non-hydrogen) atoms. The molecule has 1 unspecified atom stereocenters. The maximum absolute atomic E-state index is 17.8. The Morgan fingerprint density at radius 1 is 1.21 bits per heavy atom. The molecule has 1 heterocycles. The number of carbonyl (C=O) groups is 4. The molecule has 1 saturated heterocycles. The zero-order valence-corrected chi connectivity index (χ0v) is 27.5. The van der Waals surface area contributed by atoms with Crippen molar-refractivity contribution in [3.05, 3.63) is 33.9 Å². The molecule has 15 heteroatoms. The summed E-state index contributed by atoms with van der Waals surface area (Å²) < 4.78 is 46.8. The van der Waals surface area contributed by atoms with Crippen molar-refractivity contribution in [3.63, 3.8) is 0 Å². The summed E-state index contributed by atoms with van der Waals surface area (Å²) in [7, 11) is 0. The van der Waals surface area contributed by atoms with Crippen LogP contribution < -0.4 is 5.32 Å². The number of halogens is 2. The highest BCUT2D eigenvalue weighted by atomic mass is 19.1. The van der Waals surface area contributed by atoms with Gasteiger partial charge in [0.05, 0.1) is 18.8 Å². The van der Waals surface area contributed by atoms with Crippen molar-refractivity contribution in [3.8, 4) is 0 Å². The van der Waals surface area contributed by atoms with Crippen LogP contribution in [0.5, 0.6) is 0 Å². The van der Waals surface area contributed by atoms with Gasteiger partial charge >= 0.3 is 5.97 Å². The molecule has 3 N–H and O–H groups in total. The molecule has 0 radical (unpaired) electrons. The first-order valence-electron chi connectivity index (χ1n) is 16.4. The van der Waals surface area contributed by atoms with Gasteiger partial charge in [-0.25, -0.2) is 8.78 Å². The number of carbonyl (C=O) groups excluding carboxylic acids is 3. The van der Waals surface area contributed by atoms with Gasteiger partial charge in [0.15, 0.2) is 17.2 Å². The van der Waals surface area contributed by atoms with Gasteiger partial charge < -0.3 is 34.6 Å². The van der Waals surface area contributed by atoms with Crippen molar-refractivity contribution in [2.45, 2.75) is 114 Å². The molecule has 0 aromatic heterocycles. The fourth-order valence-electron chi connectivity index (χ4n) is 10.1. The number of unbranched alkanes of at least 4 members (excludes halogenated alkanes) is 2. The maximum atomic E-state index is 17.8. The standard InChI is InChI=1S/C33H44F2N2O11/c1-28(2)47-25-16-20-21-15-23(34)22-14-19(39)9-10-29(22,3)32(21,35)24(40)17-30(20,4)33(25,48-28)31(11-12-38,27(42)43)18-36-26(41)8-6-5-7-13-46-37(44)45/h9-10,12,14,20-21,23-25,40H,5-8,11,13,15-18H2,1-4H3,(H,36,41)(H,42,43)/t20-,21-,23-,24-,25+,29-,30-,31?,32-,33-/m0/s1. The molecular weight excluding hydrogens is 638 g/mol. The van der Waals surface area contributed by atoms with Crippen LogP contribution in [-0.2, 0) is 33.5 Å². The predicted octanol–water partition coefficient (Wildman–Crippen LogP) is 3.35. The number of hydrogen-bond donors (Lipinski definition) is 3. The van der Waals surface area contributed by atoms with Gasteiger partial charge in [0, 0.05) is 36.1 Å². The Morgan fingerprint density at radius 2 is 1.92 bits per heavy atom. The minimum absolute atomic E-state index is 0.0293. The quantitative estimate of drug-likeness (QED) is 0.112. The van der Waals surface area contributed by atoms with E-state index in [1.165, 1.54) is 19.1 Å². The van der Waals surface area contributed by atoms with Crippen molar-refractivity contribution in [2.24, 2.45) is 28.1 Å². The molecule has 4 fully saturated rings. The number of hydrogen-bond acceptors (Lipinski definition) is 10. The smallest absolute Gasteiger partial charge is 0.314 e. The molecule has 0 bridgehead atoms. The third-order valence-electron chi connectivity index (χ3n) is 12.0. The lowest BCUT2D eigenvalue weighted by Gasteiger charge is -2.64. The number of aliphatic hydroxyl groups excluding tert-OH is 1. The van der Waals surface area contributed by atoms with E-state index in [1.54, 1.807) is 20.8 Å². The Morgan fingerprint density at radius 3 is 2.56 bits per heavy atom. The largest absolute Gasteiger partial charge is 0.481 e. The number of nitrogens with zero attached hydrogens (tertiary/aromatic N) is 1. The summed E-state index contributed by atoms with van der Waals surface area (Å²) >= 11 is 0. The highest BCUT2D eigenvalue weighted by Crippen LogP contribution is 2.75. The number of ketones is 1. The molecule has 0 aromatic rings. The van der Waals surface area contributed by atoms with E-state index in [9.17, 15) is 39.5 Å². The normalized spacial score (nSPS) is 40.4. The molecule has 0 aromatic carbocycles. The number of alkyl halides is 2. The Hall–Kier alpha value is -3.30. The van der Waals surface area contributed by atoms with E-state index in [2.05, 4.69) is 10.2 Å². The van der Waals surface area contributed by atoms with Crippen molar-refractivity contribution < 1.29 is 57.6 Å². The topological polar surface area (TPSA) is 192 Å². The van der Waals surface area contributed by atoms with Gasteiger partial charge in [-0.2, -0.15) is 0 Å². The number of rotatable bonds is 13. The summed E-state index contributed by atoms with van der Waals surface area (Å²) in [6, 6.07) is 0. The molecule has 5 aliphatic rings. The van der Waals surface area contributed by atoms with Gasteiger partial charge in [0.2, 0.25) is 5.91 Å². The zero-order chi connectivity index (χ0) is 35.5. The van der Waals surface area contributed by atoms with Gasteiger partial charge in [0.1, 0.15) is 23.5 Å². The first-order chi connectivity index (χ1) is 22.3. The molecule has 10 atom stereocenters. The van der Waals surface area contributed by atoms with Crippen LogP contribution in [0.2, 0.25) is 0 Å². The van der Waals surface area contributed by atoms with Crippen molar-refractivity contribution in [2.75, 3.05) is 13.2 Å². The van der Waals surface area contributed by atoms with Gasteiger partial charge in [-0.15, -0.1) is 10.1 Å². The summed E-state index contributed by atoms with van der Waals surface area (Å²) in [4.78, 5) is 65.7. The molecule has 5 rings (SSSR count). The van der Waals surface area contributed by atoms with Crippen LogP contribution in [0.1, 0.15) is 79.1 Å². The third kappa shape index (κ3) is 5.10. The van der Waals surface area contributed by atoms with Crippen LogP contribution in [0.25, 0.3) is 0 Å². The molecule has 13 nitrogen and oxygen atoms in total. The third-order valence-corrected chi connectivity index (χ3v) is 12.0. The van der Waals surface area contributed by atoms with Crippen LogP contribution in [0.15, 0.2) is 23.8 Å². The first kappa shape index (κ1) is 36.0. The second-order valence-corrected chi connectivity index (χ2v) is 14.8. The molecule has 1 amide bonds. The van der Waals surface area contributed by atoms with Gasteiger partial charge in [-0.3, -0.25) is 14.4 Å². The number of nitrogens with one attached hydrogen (secondary N) is 1. The summed E-state index contributed by atoms with van der Waals surface area (Å²) in [6.07, 6.45) is -0.796. The van der Waals surface area contributed by atoms with Crippen LogP contribution in [-0.4, -0.2) is 87.8 Å². The highest BCUT2D eigenvalue weighted by Gasteiger charge is 2.84. The molecule has 0 spiro atoms. The summed E-state index contributed by atoms with van der Waals surface area (Å²) in [5, 5.41) is 35.0. The minimum atomic E-state index is -2.44. The van der Waals surface area contributed by atoms with E-state index >= 15 is 8.78 Å².